The van der Waals surface area contributed by atoms with E-state index in [0.29, 0.717) is 24.1 Å². The number of halogens is 2. The fraction of sp³-hybridized carbons (Fsp3) is 0.500. The number of ether oxygens (including phenoxy) is 1. The van der Waals surface area contributed by atoms with E-state index in [1.165, 1.54) is 18.7 Å². The zero-order valence-corrected chi connectivity index (χ0v) is 20.0. The Bertz CT molecular complexity index is 918. The van der Waals surface area contributed by atoms with E-state index in [4.69, 9.17) is 16.3 Å². The van der Waals surface area contributed by atoms with Crippen LogP contribution in [0.4, 0.5) is 10.1 Å². The van der Waals surface area contributed by atoms with E-state index in [-0.39, 0.29) is 11.8 Å². The SMILES string of the molecule is COC(=O)CC[C@H]1CN(Cc2ccc(Cl)cc2)CC[C@H]1N1CCN(c2ccccc2F)CC1. The van der Waals surface area contributed by atoms with Crippen molar-refractivity contribution >= 4 is 23.3 Å². The fourth-order valence-electron chi connectivity index (χ4n) is 5.26. The first-order valence-corrected chi connectivity index (χ1v) is 12.2. The van der Waals surface area contributed by atoms with E-state index in [1.54, 1.807) is 6.07 Å². The molecule has 178 valence electrons. The van der Waals surface area contributed by atoms with Crippen LogP contribution in [0.2, 0.25) is 5.02 Å². The second-order valence-corrected chi connectivity index (χ2v) is 9.50. The first-order valence-electron chi connectivity index (χ1n) is 11.8. The van der Waals surface area contributed by atoms with Gasteiger partial charge in [-0.25, -0.2) is 4.39 Å². The summed E-state index contributed by atoms with van der Waals surface area (Å²) in [6.07, 6.45) is 2.34. The lowest BCUT2D eigenvalue weighted by Crippen LogP contribution is -2.56. The number of para-hydroxylation sites is 1. The summed E-state index contributed by atoms with van der Waals surface area (Å²) < 4.78 is 19.1. The van der Waals surface area contributed by atoms with Crippen LogP contribution in [-0.2, 0) is 16.1 Å². The Morgan fingerprint density at radius 3 is 2.48 bits per heavy atom. The topological polar surface area (TPSA) is 36.0 Å². The van der Waals surface area contributed by atoms with Crippen LogP contribution in [0.25, 0.3) is 0 Å². The summed E-state index contributed by atoms with van der Waals surface area (Å²) in [6, 6.07) is 15.5. The van der Waals surface area contributed by atoms with E-state index in [0.717, 1.165) is 63.7 Å². The van der Waals surface area contributed by atoms with Gasteiger partial charge in [-0.3, -0.25) is 14.6 Å². The van der Waals surface area contributed by atoms with Crippen LogP contribution in [0.3, 0.4) is 0 Å². The van der Waals surface area contributed by atoms with Crippen molar-refractivity contribution in [3.63, 3.8) is 0 Å². The molecule has 2 atom stereocenters. The summed E-state index contributed by atoms with van der Waals surface area (Å²) in [7, 11) is 1.45. The molecule has 2 saturated heterocycles. The zero-order chi connectivity index (χ0) is 23.2. The molecule has 0 amide bonds. The number of esters is 1. The van der Waals surface area contributed by atoms with Crippen molar-refractivity contribution in [1.29, 1.82) is 0 Å². The van der Waals surface area contributed by atoms with Crippen LogP contribution in [0.5, 0.6) is 0 Å². The van der Waals surface area contributed by atoms with Crippen LogP contribution >= 0.6 is 11.6 Å². The van der Waals surface area contributed by atoms with Gasteiger partial charge < -0.3 is 9.64 Å². The third kappa shape index (κ3) is 6.25. The number of hydrogen-bond acceptors (Lipinski definition) is 5. The molecule has 0 spiro atoms. The molecular weight excluding hydrogens is 441 g/mol. The van der Waals surface area contributed by atoms with Gasteiger partial charge in [0.15, 0.2) is 0 Å². The summed E-state index contributed by atoms with van der Waals surface area (Å²) >= 11 is 6.04. The van der Waals surface area contributed by atoms with Gasteiger partial charge in [-0.15, -0.1) is 0 Å². The average Bonchev–Trinajstić information content (AvgIpc) is 2.84. The Hall–Kier alpha value is -2.15. The smallest absolute Gasteiger partial charge is 0.305 e. The van der Waals surface area contributed by atoms with Crippen molar-refractivity contribution < 1.29 is 13.9 Å². The Morgan fingerprint density at radius 1 is 1.06 bits per heavy atom. The number of piperazine rings is 1. The van der Waals surface area contributed by atoms with Crippen LogP contribution < -0.4 is 4.90 Å². The third-order valence-corrected chi connectivity index (χ3v) is 7.27. The molecule has 2 heterocycles. The van der Waals surface area contributed by atoms with Gasteiger partial charge >= 0.3 is 5.97 Å². The first kappa shape index (κ1) is 24.0. The Labute approximate surface area is 201 Å². The van der Waals surface area contributed by atoms with Crippen LogP contribution in [0, 0.1) is 11.7 Å². The molecule has 33 heavy (non-hydrogen) atoms. The molecule has 0 bridgehead atoms. The van der Waals surface area contributed by atoms with E-state index >= 15 is 0 Å². The second kappa shape index (κ2) is 11.3. The van der Waals surface area contributed by atoms with Crippen molar-refractivity contribution in [2.24, 2.45) is 5.92 Å². The van der Waals surface area contributed by atoms with Crippen molar-refractivity contribution in [2.45, 2.75) is 31.8 Å². The summed E-state index contributed by atoms with van der Waals surface area (Å²) in [4.78, 5) is 19.1. The predicted molar refractivity (Wildman–Crippen MR) is 130 cm³/mol. The van der Waals surface area contributed by atoms with Gasteiger partial charge in [-0.2, -0.15) is 0 Å². The Kier molecular flexibility index (Phi) is 8.23. The van der Waals surface area contributed by atoms with Gasteiger partial charge in [0.2, 0.25) is 0 Å². The van der Waals surface area contributed by atoms with Crippen molar-refractivity contribution in [1.82, 2.24) is 9.80 Å². The van der Waals surface area contributed by atoms with E-state index in [2.05, 4.69) is 26.8 Å². The molecular formula is C26H33ClFN3O2. The number of carbonyl (C=O) groups excluding carboxylic acids is 1. The van der Waals surface area contributed by atoms with Crippen molar-refractivity contribution in [2.75, 3.05) is 51.3 Å². The van der Waals surface area contributed by atoms with Gasteiger partial charge in [-0.1, -0.05) is 35.9 Å². The molecule has 5 nitrogen and oxygen atoms in total. The van der Waals surface area contributed by atoms with Gasteiger partial charge in [0.05, 0.1) is 12.8 Å². The number of nitrogens with zero attached hydrogens (tertiary/aromatic N) is 3. The summed E-state index contributed by atoms with van der Waals surface area (Å²) in [5.74, 6) is 0.0931. The third-order valence-electron chi connectivity index (χ3n) is 7.02. The maximum atomic E-state index is 14.2. The summed E-state index contributed by atoms with van der Waals surface area (Å²) in [5.41, 5.74) is 1.94. The molecule has 0 radical (unpaired) electrons. The van der Waals surface area contributed by atoms with Crippen molar-refractivity contribution in [3.05, 3.63) is 64.9 Å². The standard InChI is InChI=1S/C26H33ClFN3O2/c1-33-26(32)11-8-21-19-29(18-20-6-9-22(27)10-7-20)13-12-24(21)30-14-16-31(17-15-30)25-5-3-2-4-23(25)28/h2-7,9-10,21,24H,8,11-19H2,1H3/t21-,24+/m0/s1. The van der Waals surface area contributed by atoms with Crippen LogP contribution in [-0.4, -0.2) is 68.2 Å². The highest BCUT2D eigenvalue weighted by molar-refractivity contribution is 6.30. The van der Waals surface area contributed by atoms with E-state index in [1.807, 2.05) is 24.3 Å². The summed E-state index contributed by atoms with van der Waals surface area (Å²) in [5, 5.41) is 0.753. The lowest BCUT2D eigenvalue weighted by molar-refractivity contribution is -0.141. The van der Waals surface area contributed by atoms with Gasteiger partial charge in [0.1, 0.15) is 5.82 Å². The number of hydrogen-bond donors (Lipinski definition) is 0. The molecule has 0 saturated carbocycles. The number of anilines is 1. The maximum absolute atomic E-state index is 14.2. The van der Waals surface area contributed by atoms with E-state index in [9.17, 15) is 9.18 Å². The number of piperidine rings is 1. The zero-order valence-electron chi connectivity index (χ0n) is 19.3. The average molecular weight is 474 g/mol. The van der Waals surface area contributed by atoms with Gasteiger partial charge in [0, 0.05) is 56.8 Å². The minimum absolute atomic E-state index is 0.145. The number of benzene rings is 2. The van der Waals surface area contributed by atoms with Crippen LogP contribution in [0.15, 0.2) is 48.5 Å². The lowest BCUT2D eigenvalue weighted by Gasteiger charge is -2.47. The quantitative estimate of drug-likeness (QED) is 0.555. The number of methoxy groups -OCH3 is 1. The highest BCUT2D eigenvalue weighted by Crippen LogP contribution is 2.29. The summed E-state index contributed by atoms with van der Waals surface area (Å²) in [6.45, 7) is 6.31. The fourth-order valence-corrected chi connectivity index (χ4v) is 5.39. The number of rotatable bonds is 7. The highest BCUT2D eigenvalue weighted by Gasteiger charge is 2.35. The van der Waals surface area contributed by atoms with Gasteiger partial charge in [0.25, 0.3) is 0 Å². The van der Waals surface area contributed by atoms with E-state index < -0.39 is 0 Å². The normalized spacial score (nSPS) is 22.3. The molecule has 0 aliphatic carbocycles. The molecule has 0 aromatic heterocycles. The molecule has 4 rings (SSSR count). The Balaban J connectivity index is 1.39. The monoisotopic (exact) mass is 473 g/mol. The number of carbonyl (C=O) groups is 1. The van der Waals surface area contributed by atoms with Crippen molar-refractivity contribution in [3.8, 4) is 0 Å². The molecule has 2 aromatic rings. The molecule has 2 aromatic carbocycles. The van der Waals surface area contributed by atoms with Crippen LogP contribution in [0.1, 0.15) is 24.8 Å². The predicted octanol–water partition coefficient (Wildman–Crippen LogP) is 4.45. The largest absolute Gasteiger partial charge is 0.469 e. The maximum Gasteiger partial charge on any atom is 0.305 e. The molecule has 2 aliphatic heterocycles. The molecule has 2 fully saturated rings. The minimum Gasteiger partial charge on any atom is -0.469 e. The second-order valence-electron chi connectivity index (χ2n) is 9.07. The first-order chi connectivity index (χ1) is 16.0. The highest BCUT2D eigenvalue weighted by atomic mass is 35.5. The molecule has 7 heteroatoms. The molecule has 0 N–H and O–H groups in total. The lowest BCUT2D eigenvalue weighted by atomic mass is 9.86. The Morgan fingerprint density at radius 2 is 1.79 bits per heavy atom. The molecule has 2 aliphatic rings. The number of likely N-dealkylation sites (tertiary alicyclic amines) is 1. The van der Waals surface area contributed by atoms with Gasteiger partial charge in [-0.05, 0) is 55.1 Å². The minimum atomic E-state index is -0.155. The molecule has 0 unspecified atom stereocenters.